The molecule has 0 radical (unpaired) electrons. The van der Waals surface area contributed by atoms with Gasteiger partial charge in [0.25, 0.3) is 5.91 Å². The van der Waals surface area contributed by atoms with Crippen LogP contribution in [0.2, 0.25) is 0 Å². The van der Waals surface area contributed by atoms with Gasteiger partial charge < -0.3 is 10.6 Å². The maximum atomic E-state index is 12.5. The maximum Gasteiger partial charge on any atom is 0.253 e. The van der Waals surface area contributed by atoms with Crippen molar-refractivity contribution in [2.24, 2.45) is 11.1 Å². The fourth-order valence-electron chi connectivity index (χ4n) is 2.53. The highest BCUT2D eigenvalue weighted by Crippen LogP contribution is 2.29. The summed E-state index contributed by atoms with van der Waals surface area (Å²) in [5.41, 5.74) is 6.23. The van der Waals surface area contributed by atoms with E-state index in [4.69, 9.17) is 5.73 Å². The van der Waals surface area contributed by atoms with Crippen LogP contribution in [0.25, 0.3) is 0 Å². The second kappa shape index (κ2) is 5.98. The Balaban J connectivity index is 2.16. The van der Waals surface area contributed by atoms with Crippen molar-refractivity contribution in [1.29, 1.82) is 0 Å². The second-order valence-electron chi connectivity index (χ2n) is 6.30. The first-order valence-corrected chi connectivity index (χ1v) is 8.65. The molecule has 2 rings (SSSR count). The van der Waals surface area contributed by atoms with Gasteiger partial charge in [0.2, 0.25) is 10.0 Å². The summed E-state index contributed by atoms with van der Waals surface area (Å²) < 4.78 is 25.2. The van der Waals surface area contributed by atoms with E-state index in [1.54, 1.807) is 17.0 Å². The van der Waals surface area contributed by atoms with Crippen molar-refractivity contribution < 1.29 is 13.2 Å². The zero-order valence-electron chi connectivity index (χ0n) is 13.2. The molecule has 1 aliphatic heterocycles. The van der Waals surface area contributed by atoms with Gasteiger partial charge in [-0.25, -0.2) is 12.7 Å². The van der Waals surface area contributed by atoms with Crippen LogP contribution in [0.15, 0.2) is 29.2 Å². The van der Waals surface area contributed by atoms with E-state index in [1.807, 2.05) is 0 Å². The van der Waals surface area contributed by atoms with Crippen LogP contribution in [0.3, 0.4) is 0 Å². The minimum Gasteiger partial charge on any atom is -0.338 e. The topological polar surface area (TPSA) is 83.7 Å². The molecule has 1 unspecified atom stereocenters. The molecule has 22 heavy (non-hydrogen) atoms. The minimum atomic E-state index is -3.47. The lowest BCUT2D eigenvalue weighted by atomic mass is 9.90. The lowest BCUT2D eigenvalue weighted by molar-refractivity contribution is 0.0777. The highest BCUT2D eigenvalue weighted by molar-refractivity contribution is 7.89. The number of benzene rings is 1. The van der Waals surface area contributed by atoms with Crippen LogP contribution in [0.1, 0.15) is 23.7 Å². The maximum absolute atomic E-state index is 12.5. The molecule has 1 atom stereocenters. The minimum absolute atomic E-state index is 0.0239. The van der Waals surface area contributed by atoms with Gasteiger partial charge in [-0.3, -0.25) is 4.79 Å². The van der Waals surface area contributed by atoms with Crippen molar-refractivity contribution in [1.82, 2.24) is 9.21 Å². The molecule has 7 heteroatoms. The predicted molar refractivity (Wildman–Crippen MR) is 85.0 cm³/mol. The summed E-state index contributed by atoms with van der Waals surface area (Å²) in [7, 11) is -0.512. The van der Waals surface area contributed by atoms with Gasteiger partial charge in [-0.05, 0) is 42.6 Å². The highest BCUT2D eigenvalue weighted by Gasteiger charge is 2.35. The summed E-state index contributed by atoms with van der Waals surface area (Å²) in [5.74, 6) is -0.0778. The summed E-state index contributed by atoms with van der Waals surface area (Å²) >= 11 is 0. The molecule has 0 aromatic heterocycles. The van der Waals surface area contributed by atoms with E-state index in [2.05, 4.69) is 6.92 Å². The lowest BCUT2D eigenvalue weighted by Crippen LogP contribution is -2.34. The molecule has 0 saturated carbocycles. The standard InChI is InChI=1S/C15H23N3O3S/c1-15(10-16)8-9-18(11-15)14(19)12-4-6-13(7-5-12)22(20,21)17(2)3/h4-7H,8-11,16H2,1-3H3. The molecule has 0 spiro atoms. The summed E-state index contributed by atoms with van der Waals surface area (Å²) in [4.78, 5) is 14.4. The third kappa shape index (κ3) is 3.16. The number of sulfonamides is 1. The SMILES string of the molecule is CN(C)S(=O)(=O)c1ccc(C(=O)N2CCC(C)(CN)C2)cc1. The average molecular weight is 325 g/mol. The third-order valence-corrected chi connectivity index (χ3v) is 6.05. The van der Waals surface area contributed by atoms with E-state index in [-0.39, 0.29) is 16.2 Å². The first kappa shape index (κ1) is 16.9. The molecule has 0 aliphatic carbocycles. The van der Waals surface area contributed by atoms with Gasteiger partial charge in [0.15, 0.2) is 0 Å². The van der Waals surface area contributed by atoms with Crippen LogP contribution in [0, 0.1) is 5.41 Å². The fraction of sp³-hybridized carbons (Fsp3) is 0.533. The molecule has 1 aromatic rings. The van der Waals surface area contributed by atoms with Gasteiger partial charge in [0.05, 0.1) is 4.90 Å². The van der Waals surface area contributed by atoms with Crippen LogP contribution >= 0.6 is 0 Å². The van der Waals surface area contributed by atoms with E-state index in [0.717, 1.165) is 10.7 Å². The molecule has 122 valence electrons. The van der Waals surface area contributed by atoms with E-state index in [0.29, 0.717) is 25.2 Å². The molecule has 2 N–H and O–H groups in total. The first-order valence-electron chi connectivity index (χ1n) is 7.21. The molecule has 1 aromatic carbocycles. The number of carbonyl (C=O) groups excluding carboxylic acids is 1. The Kier molecular flexibility index (Phi) is 4.60. The number of nitrogens with zero attached hydrogens (tertiary/aromatic N) is 2. The van der Waals surface area contributed by atoms with Gasteiger partial charge in [-0.1, -0.05) is 6.92 Å². The number of amides is 1. The number of nitrogens with two attached hydrogens (primary N) is 1. The highest BCUT2D eigenvalue weighted by atomic mass is 32.2. The molecule has 0 bridgehead atoms. The van der Waals surface area contributed by atoms with E-state index in [1.165, 1.54) is 26.2 Å². The molecular formula is C15H23N3O3S. The largest absolute Gasteiger partial charge is 0.338 e. The van der Waals surface area contributed by atoms with Crippen molar-refractivity contribution in [3.8, 4) is 0 Å². The van der Waals surface area contributed by atoms with Crippen LogP contribution in [0.5, 0.6) is 0 Å². The van der Waals surface area contributed by atoms with E-state index < -0.39 is 10.0 Å². The molecule has 6 nitrogen and oxygen atoms in total. The van der Waals surface area contributed by atoms with E-state index >= 15 is 0 Å². The molecule has 1 aliphatic rings. The summed E-state index contributed by atoms with van der Waals surface area (Å²) in [6.07, 6.45) is 0.891. The van der Waals surface area contributed by atoms with Gasteiger partial charge in [0.1, 0.15) is 0 Å². The van der Waals surface area contributed by atoms with Crippen molar-refractivity contribution >= 4 is 15.9 Å². The Morgan fingerprint density at radius 2 is 1.91 bits per heavy atom. The number of carbonyl (C=O) groups is 1. The normalized spacial score (nSPS) is 22.3. The zero-order valence-corrected chi connectivity index (χ0v) is 14.1. The summed E-state index contributed by atoms with van der Waals surface area (Å²) in [6.45, 7) is 3.95. The second-order valence-corrected chi connectivity index (χ2v) is 8.46. The van der Waals surface area contributed by atoms with Gasteiger partial charge >= 0.3 is 0 Å². The molecular weight excluding hydrogens is 302 g/mol. The predicted octanol–water partition coefficient (Wildman–Crippen LogP) is 0.748. The zero-order chi connectivity index (χ0) is 16.5. The Morgan fingerprint density at radius 3 is 2.36 bits per heavy atom. The van der Waals surface area contributed by atoms with Crippen molar-refractivity contribution in [3.05, 3.63) is 29.8 Å². The Bertz CT molecular complexity index is 655. The third-order valence-electron chi connectivity index (χ3n) is 4.22. The molecule has 1 amide bonds. The van der Waals surface area contributed by atoms with Crippen molar-refractivity contribution in [3.63, 3.8) is 0 Å². The first-order chi connectivity index (χ1) is 10.2. The molecule has 1 saturated heterocycles. The summed E-state index contributed by atoms with van der Waals surface area (Å²) in [5, 5.41) is 0. The monoisotopic (exact) mass is 325 g/mol. The van der Waals surface area contributed by atoms with Gasteiger partial charge in [-0.15, -0.1) is 0 Å². The number of rotatable bonds is 4. The van der Waals surface area contributed by atoms with Gasteiger partial charge in [0, 0.05) is 32.7 Å². The fourth-order valence-corrected chi connectivity index (χ4v) is 3.43. The smallest absolute Gasteiger partial charge is 0.253 e. The number of hydrogen-bond acceptors (Lipinski definition) is 4. The number of likely N-dealkylation sites (tertiary alicyclic amines) is 1. The van der Waals surface area contributed by atoms with Crippen molar-refractivity contribution in [2.75, 3.05) is 33.7 Å². The average Bonchev–Trinajstić information content (AvgIpc) is 2.90. The number of hydrogen-bond donors (Lipinski definition) is 1. The van der Waals surface area contributed by atoms with E-state index in [9.17, 15) is 13.2 Å². The van der Waals surface area contributed by atoms with Crippen molar-refractivity contribution in [2.45, 2.75) is 18.2 Å². The van der Waals surface area contributed by atoms with Crippen LogP contribution in [-0.2, 0) is 10.0 Å². The Labute approximate surface area is 131 Å². The lowest BCUT2D eigenvalue weighted by Gasteiger charge is -2.22. The van der Waals surface area contributed by atoms with Crippen LogP contribution in [-0.4, -0.2) is 57.3 Å². The quantitative estimate of drug-likeness (QED) is 0.885. The molecule has 1 heterocycles. The Morgan fingerprint density at radius 1 is 1.32 bits per heavy atom. The van der Waals surface area contributed by atoms with Crippen LogP contribution < -0.4 is 5.73 Å². The van der Waals surface area contributed by atoms with Crippen LogP contribution in [0.4, 0.5) is 0 Å². The summed E-state index contributed by atoms with van der Waals surface area (Å²) in [6, 6.07) is 6.08. The molecule has 1 fully saturated rings. The Hall–Kier alpha value is -1.44. The van der Waals surface area contributed by atoms with Gasteiger partial charge in [-0.2, -0.15) is 0 Å².